The van der Waals surface area contributed by atoms with Gasteiger partial charge < -0.3 is 14.7 Å². The lowest BCUT2D eigenvalue weighted by atomic mass is 10.1. The molecule has 0 aromatic carbocycles. The normalized spacial score (nSPS) is 18.1. The van der Waals surface area contributed by atoms with Crippen molar-refractivity contribution < 1.29 is 9.84 Å². The Labute approximate surface area is 115 Å². The third-order valence-electron chi connectivity index (χ3n) is 3.88. The van der Waals surface area contributed by atoms with E-state index < -0.39 is 6.10 Å². The number of hydrogen-bond acceptors (Lipinski definition) is 4. The molecule has 1 heterocycles. The second kappa shape index (κ2) is 6.35. The predicted octanol–water partition coefficient (Wildman–Crippen LogP) is 2.39. The fraction of sp³-hybridized carbons (Fsp3) is 0.667. The van der Waals surface area contributed by atoms with Crippen LogP contribution in [-0.4, -0.2) is 36.4 Å². The lowest BCUT2D eigenvalue weighted by Crippen LogP contribution is -2.38. The van der Waals surface area contributed by atoms with Crippen molar-refractivity contribution >= 4 is 5.82 Å². The molecular weight excluding hydrogens is 240 g/mol. The van der Waals surface area contributed by atoms with Crippen LogP contribution in [0.4, 0.5) is 5.82 Å². The van der Waals surface area contributed by atoms with Gasteiger partial charge >= 0.3 is 0 Å². The number of anilines is 1. The number of aromatic nitrogens is 1. The first-order chi connectivity index (χ1) is 9.13. The molecule has 106 valence electrons. The van der Waals surface area contributed by atoms with Crippen molar-refractivity contribution in [3.05, 3.63) is 23.9 Å². The van der Waals surface area contributed by atoms with Gasteiger partial charge in [0.15, 0.2) is 0 Å². The van der Waals surface area contributed by atoms with Crippen molar-refractivity contribution in [1.82, 2.24) is 4.98 Å². The molecule has 1 saturated carbocycles. The number of pyridine rings is 1. The van der Waals surface area contributed by atoms with Gasteiger partial charge in [-0.2, -0.15) is 0 Å². The van der Waals surface area contributed by atoms with E-state index in [1.807, 2.05) is 12.1 Å². The molecule has 2 rings (SSSR count). The summed E-state index contributed by atoms with van der Waals surface area (Å²) in [4.78, 5) is 6.76. The third kappa shape index (κ3) is 3.67. The molecule has 1 fully saturated rings. The minimum absolute atomic E-state index is 0.456. The van der Waals surface area contributed by atoms with Crippen LogP contribution in [0.15, 0.2) is 18.3 Å². The van der Waals surface area contributed by atoms with Crippen LogP contribution < -0.4 is 4.90 Å². The molecule has 1 aliphatic carbocycles. The fourth-order valence-corrected chi connectivity index (χ4v) is 2.40. The maximum Gasteiger partial charge on any atom is 0.129 e. The molecule has 4 nitrogen and oxygen atoms in total. The summed E-state index contributed by atoms with van der Waals surface area (Å²) < 4.78 is 5.20. The van der Waals surface area contributed by atoms with Gasteiger partial charge in [-0.05, 0) is 50.3 Å². The zero-order valence-electron chi connectivity index (χ0n) is 12.0. The summed E-state index contributed by atoms with van der Waals surface area (Å²) in [5, 5.41) is 9.70. The Balaban J connectivity index is 2.18. The SMILES string of the molecule is COCCN(c1cc([C@H](C)O)ccn1)C(C)C1CC1. The van der Waals surface area contributed by atoms with Gasteiger partial charge in [-0.1, -0.05) is 0 Å². The van der Waals surface area contributed by atoms with Crippen molar-refractivity contribution in [1.29, 1.82) is 0 Å². The predicted molar refractivity (Wildman–Crippen MR) is 76.3 cm³/mol. The van der Waals surface area contributed by atoms with Crippen molar-refractivity contribution in [2.75, 3.05) is 25.2 Å². The van der Waals surface area contributed by atoms with E-state index in [-0.39, 0.29) is 0 Å². The Kier molecular flexibility index (Phi) is 4.77. The summed E-state index contributed by atoms with van der Waals surface area (Å²) >= 11 is 0. The van der Waals surface area contributed by atoms with Crippen molar-refractivity contribution in [2.45, 2.75) is 38.8 Å². The van der Waals surface area contributed by atoms with Crippen LogP contribution in [-0.2, 0) is 4.74 Å². The Hall–Kier alpha value is -1.13. The van der Waals surface area contributed by atoms with Crippen LogP contribution in [0.3, 0.4) is 0 Å². The number of nitrogens with zero attached hydrogens (tertiary/aromatic N) is 2. The summed E-state index contributed by atoms with van der Waals surface area (Å²) in [5.41, 5.74) is 0.912. The average Bonchev–Trinajstić information content (AvgIpc) is 3.23. The van der Waals surface area contributed by atoms with Gasteiger partial charge in [-0.25, -0.2) is 4.98 Å². The topological polar surface area (TPSA) is 45.6 Å². The number of hydrogen-bond donors (Lipinski definition) is 1. The van der Waals surface area contributed by atoms with Crippen LogP contribution in [0.25, 0.3) is 0 Å². The lowest BCUT2D eigenvalue weighted by Gasteiger charge is -2.30. The monoisotopic (exact) mass is 264 g/mol. The molecule has 0 saturated heterocycles. The second-order valence-electron chi connectivity index (χ2n) is 5.39. The van der Waals surface area contributed by atoms with Gasteiger partial charge in [-0.15, -0.1) is 0 Å². The standard InChI is InChI=1S/C15H24N2O2/c1-11(13-4-5-13)17(8-9-19-3)15-10-14(12(2)18)6-7-16-15/h6-7,10-13,18H,4-5,8-9H2,1-3H3/t11?,12-/m0/s1. The van der Waals surface area contributed by atoms with E-state index in [1.54, 1.807) is 20.2 Å². The molecule has 1 N–H and O–H groups in total. The molecule has 1 aliphatic rings. The number of aliphatic hydroxyl groups is 1. The molecule has 2 atom stereocenters. The molecule has 0 amide bonds. The first-order valence-electron chi connectivity index (χ1n) is 7.03. The van der Waals surface area contributed by atoms with Crippen molar-refractivity contribution in [3.63, 3.8) is 0 Å². The molecule has 1 aromatic heterocycles. The third-order valence-corrected chi connectivity index (χ3v) is 3.88. The molecule has 19 heavy (non-hydrogen) atoms. The van der Waals surface area contributed by atoms with E-state index in [9.17, 15) is 5.11 Å². The highest BCUT2D eigenvalue weighted by atomic mass is 16.5. The number of methoxy groups -OCH3 is 1. The minimum atomic E-state index is -0.456. The number of rotatable bonds is 7. The van der Waals surface area contributed by atoms with E-state index in [0.29, 0.717) is 12.6 Å². The summed E-state index contributed by atoms with van der Waals surface area (Å²) in [6, 6.07) is 4.33. The number of aliphatic hydroxyl groups excluding tert-OH is 1. The van der Waals surface area contributed by atoms with Gasteiger partial charge in [-0.3, -0.25) is 0 Å². The van der Waals surface area contributed by atoms with E-state index >= 15 is 0 Å². The quantitative estimate of drug-likeness (QED) is 0.821. The minimum Gasteiger partial charge on any atom is -0.389 e. The lowest BCUT2D eigenvalue weighted by molar-refractivity contribution is 0.198. The molecule has 0 bridgehead atoms. The van der Waals surface area contributed by atoms with Crippen LogP contribution >= 0.6 is 0 Å². The molecule has 4 heteroatoms. The molecular formula is C15H24N2O2. The summed E-state index contributed by atoms with van der Waals surface area (Å²) in [6.07, 6.45) is 3.93. The van der Waals surface area contributed by atoms with E-state index in [2.05, 4.69) is 16.8 Å². The molecule has 0 radical (unpaired) electrons. The van der Waals surface area contributed by atoms with Crippen LogP contribution in [0, 0.1) is 5.92 Å². The zero-order valence-corrected chi connectivity index (χ0v) is 12.0. The first kappa shape index (κ1) is 14.3. The number of ether oxygens (including phenoxy) is 1. The Bertz CT molecular complexity index is 405. The first-order valence-corrected chi connectivity index (χ1v) is 7.03. The van der Waals surface area contributed by atoms with Crippen LogP contribution in [0.1, 0.15) is 38.4 Å². The highest BCUT2D eigenvalue weighted by molar-refractivity contribution is 5.43. The van der Waals surface area contributed by atoms with Crippen molar-refractivity contribution in [2.24, 2.45) is 5.92 Å². The zero-order chi connectivity index (χ0) is 13.8. The molecule has 1 unspecified atom stereocenters. The maximum atomic E-state index is 9.70. The van der Waals surface area contributed by atoms with Gasteiger partial charge in [0.05, 0.1) is 12.7 Å². The highest BCUT2D eigenvalue weighted by Gasteiger charge is 2.32. The second-order valence-corrected chi connectivity index (χ2v) is 5.39. The largest absolute Gasteiger partial charge is 0.389 e. The van der Waals surface area contributed by atoms with Crippen LogP contribution in [0.5, 0.6) is 0 Å². The molecule has 0 aliphatic heterocycles. The molecule has 1 aromatic rings. The van der Waals surface area contributed by atoms with E-state index in [4.69, 9.17) is 4.74 Å². The smallest absolute Gasteiger partial charge is 0.129 e. The highest BCUT2D eigenvalue weighted by Crippen LogP contribution is 2.36. The van der Waals surface area contributed by atoms with Gasteiger partial charge in [0.25, 0.3) is 0 Å². The summed E-state index contributed by atoms with van der Waals surface area (Å²) in [7, 11) is 1.72. The van der Waals surface area contributed by atoms with Crippen molar-refractivity contribution in [3.8, 4) is 0 Å². The van der Waals surface area contributed by atoms with Gasteiger partial charge in [0.1, 0.15) is 5.82 Å². The summed E-state index contributed by atoms with van der Waals surface area (Å²) in [6.45, 7) is 5.56. The molecule has 0 spiro atoms. The van der Waals surface area contributed by atoms with Crippen LogP contribution in [0.2, 0.25) is 0 Å². The van der Waals surface area contributed by atoms with Gasteiger partial charge in [0, 0.05) is 25.9 Å². The maximum absolute atomic E-state index is 9.70. The van der Waals surface area contributed by atoms with E-state index in [1.165, 1.54) is 12.8 Å². The summed E-state index contributed by atoms with van der Waals surface area (Å²) in [5.74, 6) is 1.71. The Morgan fingerprint density at radius 3 is 2.79 bits per heavy atom. The average molecular weight is 264 g/mol. The Morgan fingerprint density at radius 2 is 2.21 bits per heavy atom. The van der Waals surface area contributed by atoms with Gasteiger partial charge in [0.2, 0.25) is 0 Å². The Morgan fingerprint density at radius 1 is 1.47 bits per heavy atom. The van der Waals surface area contributed by atoms with E-state index in [0.717, 1.165) is 23.8 Å². The fourth-order valence-electron chi connectivity index (χ4n) is 2.40.